The van der Waals surface area contributed by atoms with Crippen molar-refractivity contribution in [3.63, 3.8) is 0 Å². The normalized spacial score (nSPS) is 22.6. The Hall–Kier alpha value is -0.870. The summed E-state index contributed by atoms with van der Waals surface area (Å²) in [6.45, 7) is 0.546. The van der Waals surface area contributed by atoms with Crippen LogP contribution in [0.25, 0.3) is 0 Å². The van der Waals surface area contributed by atoms with Crippen molar-refractivity contribution in [2.45, 2.75) is 54.1 Å². The van der Waals surface area contributed by atoms with E-state index in [0.29, 0.717) is 11.4 Å². The minimum atomic E-state index is -3.16. The zero-order valence-electron chi connectivity index (χ0n) is 11.1. The Morgan fingerprint density at radius 3 is 2.32 bits per heavy atom. The summed E-state index contributed by atoms with van der Waals surface area (Å²) in [7, 11) is -3.16. The van der Waals surface area contributed by atoms with E-state index in [2.05, 4.69) is 0 Å². The molecule has 0 spiro atoms. The van der Waals surface area contributed by atoms with Crippen molar-refractivity contribution in [2.75, 3.05) is 6.54 Å². The lowest BCUT2D eigenvalue weighted by atomic mass is 9.64. The van der Waals surface area contributed by atoms with Gasteiger partial charge in [-0.25, -0.2) is 8.42 Å². The predicted octanol–water partition coefficient (Wildman–Crippen LogP) is 2.39. The number of hydrogen-bond donors (Lipinski definition) is 1. The van der Waals surface area contributed by atoms with Crippen molar-refractivity contribution < 1.29 is 8.42 Å². The fourth-order valence-corrected chi connectivity index (χ4v) is 5.37. The first-order chi connectivity index (χ1) is 9.10. The SMILES string of the molecule is NCC1(c2ccccc2S(=O)(=O)C2CCC2)CCC1. The zero-order chi connectivity index (χ0) is 13.5. The van der Waals surface area contributed by atoms with E-state index >= 15 is 0 Å². The van der Waals surface area contributed by atoms with Crippen LogP contribution in [0.15, 0.2) is 29.2 Å². The van der Waals surface area contributed by atoms with Crippen LogP contribution < -0.4 is 5.73 Å². The molecule has 3 rings (SSSR count). The second-order valence-corrected chi connectivity index (χ2v) is 8.13. The maximum absolute atomic E-state index is 12.7. The van der Waals surface area contributed by atoms with Gasteiger partial charge in [0.2, 0.25) is 0 Å². The number of benzene rings is 1. The maximum atomic E-state index is 12.7. The summed E-state index contributed by atoms with van der Waals surface area (Å²) in [6.07, 6.45) is 5.84. The van der Waals surface area contributed by atoms with E-state index in [1.165, 1.54) is 0 Å². The molecule has 2 fully saturated rings. The molecule has 0 radical (unpaired) electrons. The molecule has 104 valence electrons. The Balaban J connectivity index is 2.07. The predicted molar refractivity (Wildman–Crippen MR) is 75.9 cm³/mol. The standard InChI is InChI=1S/C15H21NO2S/c16-11-15(9-4-10-15)13-7-1-2-8-14(13)19(17,18)12-5-3-6-12/h1-2,7-8,12H,3-6,9-11,16H2. The van der Waals surface area contributed by atoms with Gasteiger partial charge in [0.25, 0.3) is 0 Å². The quantitative estimate of drug-likeness (QED) is 0.920. The largest absolute Gasteiger partial charge is 0.330 e. The molecule has 0 atom stereocenters. The van der Waals surface area contributed by atoms with E-state index in [0.717, 1.165) is 44.1 Å². The van der Waals surface area contributed by atoms with Crippen LogP contribution >= 0.6 is 0 Å². The lowest BCUT2D eigenvalue weighted by molar-refractivity contribution is 0.248. The van der Waals surface area contributed by atoms with E-state index in [1.807, 2.05) is 18.2 Å². The smallest absolute Gasteiger partial charge is 0.181 e. The van der Waals surface area contributed by atoms with Crippen LogP contribution in [0.4, 0.5) is 0 Å². The first-order valence-electron chi connectivity index (χ1n) is 7.14. The van der Waals surface area contributed by atoms with E-state index < -0.39 is 9.84 Å². The maximum Gasteiger partial charge on any atom is 0.181 e. The van der Waals surface area contributed by atoms with E-state index in [1.54, 1.807) is 6.07 Å². The average Bonchev–Trinajstić information content (AvgIpc) is 2.26. The van der Waals surface area contributed by atoms with Gasteiger partial charge in [-0.3, -0.25) is 0 Å². The van der Waals surface area contributed by atoms with Gasteiger partial charge >= 0.3 is 0 Å². The molecular weight excluding hydrogens is 258 g/mol. The summed E-state index contributed by atoms with van der Waals surface area (Å²) in [4.78, 5) is 0.546. The van der Waals surface area contributed by atoms with Gasteiger partial charge in [-0.15, -0.1) is 0 Å². The second kappa shape index (κ2) is 4.60. The van der Waals surface area contributed by atoms with Gasteiger partial charge in [-0.1, -0.05) is 31.0 Å². The minimum Gasteiger partial charge on any atom is -0.330 e. The third-order valence-corrected chi connectivity index (χ3v) is 7.28. The Kier molecular flexibility index (Phi) is 3.18. The van der Waals surface area contributed by atoms with Crippen molar-refractivity contribution in [2.24, 2.45) is 5.73 Å². The molecule has 3 nitrogen and oxygen atoms in total. The van der Waals surface area contributed by atoms with Gasteiger partial charge in [0.1, 0.15) is 0 Å². The Labute approximate surface area is 115 Å². The lowest BCUT2D eigenvalue weighted by Crippen LogP contribution is -2.43. The molecule has 2 aliphatic rings. The van der Waals surface area contributed by atoms with Crippen LogP contribution in [0, 0.1) is 0 Å². The summed E-state index contributed by atoms with van der Waals surface area (Å²) >= 11 is 0. The van der Waals surface area contributed by atoms with Crippen LogP contribution in [-0.2, 0) is 15.3 Å². The van der Waals surface area contributed by atoms with Crippen LogP contribution in [0.1, 0.15) is 44.1 Å². The molecular formula is C15H21NO2S. The highest BCUT2D eigenvalue weighted by molar-refractivity contribution is 7.92. The summed E-state index contributed by atoms with van der Waals surface area (Å²) in [5.74, 6) is 0. The third kappa shape index (κ3) is 1.93. The number of hydrogen-bond acceptors (Lipinski definition) is 3. The fourth-order valence-electron chi connectivity index (χ4n) is 3.20. The molecule has 0 amide bonds. The van der Waals surface area contributed by atoms with Gasteiger partial charge < -0.3 is 5.73 Å². The minimum absolute atomic E-state index is 0.0899. The highest BCUT2D eigenvalue weighted by Gasteiger charge is 2.42. The monoisotopic (exact) mass is 279 g/mol. The molecule has 0 bridgehead atoms. The van der Waals surface area contributed by atoms with Gasteiger partial charge in [0.05, 0.1) is 10.1 Å². The van der Waals surface area contributed by atoms with Crippen molar-refractivity contribution in [1.29, 1.82) is 0 Å². The third-order valence-electron chi connectivity index (χ3n) is 4.96. The molecule has 2 saturated carbocycles. The molecule has 1 aromatic rings. The average molecular weight is 279 g/mol. The Morgan fingerprint density at radius 2 is 1.84 bits per heavy atom. The Bertz CT molecular complexity index is 566. The zero-order valence-corrected chi connectivity index (χ0v) is 12.0. The molecule has 0 unspecified atom stereocenters. The van der Waals surface area contributed by atoms with Crippen LogP contribution in [-0.4, -0.2) is 20.2 Å². The molecule has 1 aromatic carbocycles. The van der Waals surface area contributed by atoms with Gasteiger partial charge in [0.15, 0.2) is 9.84 Å². The highest BCUT2D eigenvalue weighted by Crippen LogP contribution is 2.46. The summed E-state index contributed by atoms with van der Waals surface area (Å²) in [5.41, 5.74) is 6.82. The molecule has 19 heavy (non-hydrogen) atoms. The van der Waals surface area contributed by atoms with E-state index in [-0.39, 0.29) is 10.7 Å². The molecule has 0 aromatic heterocycles. The molecule has 0 saturated heterocycles. The number of sulfone groups is 1. The Morgan fingerprint density at radius 1 is 1.16 bits per heavy atom. The van der Waals surface area contributed by atoms with Crippen molar-refractivity contribution >= 4 is 9.84 Å². The van der Waals surface area contributed by atoms with Gasteiger partial charge in [-0.2, -0.15) is 0 Å². The highest BCUT2D eigenvalue weighted by atomic mass is 32.2. The number of nitrogens with two attached hydrogens (primary N) is 1. The lowest BCUT2D eigenvalue weighted by Gasteiger charge is -2.43. The molecule has 4 heteroatoms. The van der Waals surface area contributed by atoms with Gasteiger partial charge in [0, 0.05) is 12.0 Å². The van der Waals surface area contributed by atoms with Crippen LogP contribution in [0.5, 0.6) is 0 Å². The van der Waals surface area contributed by atoms with E-state index in [9.17, 15) is 8.42 Å². The summed E-state index contributed by atoms with van der Waals surface area (Å²) < 4.78 is 25.4. The van der Waals surface area contributed by atoms with Crippen molar-refractivity contribution in [3.05, 3.63) is 29.8 Å². The summed E-state index contributed by atoms with van der Waals surface area (Å²) in [5, 5.41) is -0.163. The van der Waals surface area contributed by atoms with E-state index in [4.69, 9.17) is 5.73 Å². The molecule has 2 aliphatic carbocycles. The van der Waals surface area contributed by atoms with Crippen LogP contribution in [0.3, 0.4) is 0 Å². The molecule has 0 heterocycles. The first kappa shape index (κ1) is 13.1. The van der Waals surface area contributed by atoms with Crippen LogP contribution in [0.2, 0.25) is 0 Å². The number of rotatable bonds is 4. The van der Waals surface area contributed by atoms with Crippen molar-refractivity contribution in [1.82, 2.24) is 0 Å². The molecule has 0 aliphatic heterocycles. The van der Waals surface area contributed by atoms with Crippen molar-refractivity contribution in [3.8, 4) is 0 Å². The first-order valence-corrected chi connectivity index (χ1v) is 8.68. The summed E-state index contributed by atoms with van der Waals surface area (Å²) in [6, 6.07) is 7.51. The molecule has 2 N–H and O–H groups in total. The topological polar surface area (TPSA) is 60.2 Å². The fraction of sp³-hybridized carbons (Fsp3) is 0.600. The second-order valence-electron chi connectivity index (χ2n) is 5.93. The van der Waals surface area contributed by atoms with Gasteiger partial charge in [-0.05, 0) is 37.3 Å².